The van der Waals surface area contributed by atoms with Crippen LogP contribution in [0.2, 0.25) is 0 Å². The minimum Gasteiger partial charge on any atom is -0.315 e. The lowest BCUT2D eigenvalue weighted by Crippen LogP contribution is -2.26. The van der Waals surface area contributed by atoms with Gasteiger partial charge in [0.1, 0.15) is 0 Å². The fraction of sp³-hybridized carbons (Fsp3) is 0.583. The molecule has 1 heterocycles. The summed E-state index contributed by atoms with van der Waals surface area (Å²) in [6.45, 7) is 6.64. The summed E-state index contributed by atoms with van der Waals surface area (Å²) in [6.07, 6.45) is 3.94. The number of nitrogens with one attached hydrogen (secondary N) is 1. The Morgan fingerprint density at radius 2 is 2.13 bits per heavy atom. The van der Waals surface area contributed by atoms with Crippen molar-refractivity contribution in [3.63, 3.8) is 0 Å². The monoisotopic (exact) mass is 208 g/mol. The van der Waals surface area contributed by atoms with Crippen molar-refractivity contribution >= 4 is 0 Å². The predicted octanol–water partition coefficient (Wildman–Crippen LogP) is 1.76. The molecule has 0 unspecified atom stereocenters. The van der Waals surface area contributed by atoms with Gasteiger partial charge in [0.15, 0.2) is 0 Å². The predicted molar refractivity (Wildman–Crippen MR) is 63.0 cm³/mol. The van der Waals surface area contributed by atoms with E-state index in [2.05, 4.69) is 19.2 Å². The lowest BCUT2D eigenvalue weighted by Gasteiger charge is -2.07. The molecule has 1 rings (SSSR count). The van der Waals surface area contributed by atoms with Gasteiger partial charge in [-0.25, -0.2) is 0 Å². The van der Waals surface area contributed by atoms with Crippen LogP contribution in [0.3, 0.4) is 0 Å². The molecule has 0 atom stereocenters. The zero-order valence-electron chi connectivity index (χ0n) is 9.62. The number of nitrogens with zero attached hydrogens (tertiary/aromatic N) is 1. The molecule has 0 radical (unpaired) electrons. The second-order valence-electron chi connectivity index (χ2n) is 3.71. The van der Waals surface area contributed by atoms with E-state index in [-0.39, 0.29) is 5.56 Å². The van der Waals surface area contributed by atoms with E-state index in [1.54, 1.807) is 4.57 Å². The van der Waals surface area contributed by atoms with Gasteiger partial charge in [0.05, 0.1) is 0 Å². The average Bonchev–Trinajstić information content (AvgIpc) is 2.24. The Kier molecular flexibility index (Phi) is 5.12. The molecule has 0 aliphatic rings. The third-order valence-corrected chi connectivity index (χ3v) is 2.31. The largest absolute Gasteiger partial charge is 0.315 e. The van der Waals surface area contributed by atoms with E-state index in [9.17, 15) is 4.79 Å². The summed E-state index contributed by atoms with van der Waals surface area (Å²) in [6, 6.07) is 3.84. The van der Waals surface area contributed by atoms with Crippen molar-refractivity contribution in [1.29, 1.82) is 0 Å². The summed E-state index contributed by atoms with van der Waals surface area (Å²) in [7, 11) is 0. The lowest BCUT2D eigenvalue weighted by molar-refractivity contribution is 0.626. The summed E-state index contributed by atoms with van der Waals surface area (Å²) in [4.78, 5) is 11.9. The van der Waals surface area contributed by atoms with Crippen LogP contribution in [0, 0.1) is 0 Å². The molecule has 15 heavy (non-hydrogen) atoms. The van der Waals surface area contributed by atoms with Crippen LogP contribution in [-0.2, 0) is 13.1 Å². The van der Waals surface area contributed by atoms with Crippen molar-refractivity contribution in [1.82, 2.24) is 9.88 Å². The second kappa shape index (κ2) is 6.40. The smallest absolute Gasteiger partial charge is 0.255 e. The van der Waals surface area contributed by atoms with Gasteiger partial charge in [-0.15, -0.1) is 0 Å². The highest BCUT2D eigenvalue weighted by atomic mass is 16.1. The molecular formula is C12H20N2O. The van der Waals surface area contributed by atoms with Crippen LogP contribution >= 0.6 is 0 Å². The number of hydrogen-bond acceptors (Lipinski definition) is 2. The first-order chi connectivity index (χ1) is 7.29. The van der Waals surface area contributed by atoms with Gasteiger partial charge in [0.2, 0.25) is 0 Å². The highest BCUT2D eigenvalue weighted by Crippen LogP contribution is 1.93. The maximum absolute atomic E-state index is 11.9. The summed E-state index contributed by atoms with van der Waals surface area (Å²) < 4.78 is 1.78. The van der Waals surface area contributed by atoms with Gasteiger partial charge in [0, 0.05) is 24.8 Å². The van der Waals surface area contributed by atoms with Crippen LogP contribution in [0.1, 0.15) is 32.3 Å². The van der Waals surface area contributed by atoms with E-state index in [4.69, 9.17) is 0 Å². The van der Waals surface area contributed by atoms with E-state index in [1.807, 2.05) is 18.3 Å². The Hall–Kier alpha value is -1.09. The molecule has 1 aromatic heterocycles. The third-order valence-electron chi connectivity index (χ3n) is 2.31. The Labute approximate surface area is 91.1 Å². The van der Waals surface area contributed by atoms with Crippen LogP contribution in [0.25, 0.3) is 0 Å². The van der Waals surface area contributed by atoms with E-state index >= 15 is 0 Å². The zero-order valence-corrected chi connectivity index (χ0v) is 9.62. The standard InChI is InChI=1S/C12H20N2O/c1-3-7-13-10-11-6-5-9-14(8-4-2)12(11)15/h5-6,9,13H,3-4,7-8,10H2,1-2H3. The zero-order chi connectivity index (χ0) is 11.1. The molecule has 0 saturated carbocycles. The van der Waals surface area contributed by atoms with Crippen molar-refractivity contribution in [3.05, 3.63) is 34.2 Å². The van der Waals surface area contributed by atoms with Gasteiger partial charge in [-0.2, -0.15) is 0 Å². The molecule has 3 nitrogen and oxygen atoms in total. The van der Waals surface area contributed by atoms with Gasteiger partial charge in [-0.05, 0) is 25.5 Å². The molecule has 0 spiro atoms. The summed E-state index contributed by atoms with van der Waals surface area (Å²) in [5.41, 5.74) is 1.00. The van der Waals surface area contributed by atoms with Crippen molar-refractivity contribution in [2.45, 2.75) is 39.8 Å². The van der Waals surface area contributed by atoms with Crippen molar-refractivity contribution in [2.75, 3.05) is 6.54 Å². The minimum absolute atomic E-state index is 0.142. The molecule has 0 bridgehead atoms. The third kappa shape index (κ3) is 3.51. The quantitative estimate of drug-likeness (QED) is 0.723. The topological polar surface area (TPSA) is 34.0 Å². The van der Waals surface area contributed by atoms with Crippen LogP contribution < -0.4 is 10.9 Å². The highest BCUT2D eigenvalue weighted by Gasteiger charge is 2.01. The van der Waals surface area contributed by atoms with Gasteiger partial charge in [-0.1, -0.05) is 19.9 Å². The Balaban J connectivity index is 2.71. The van der Waals surface area contributed by atoms with Gasteiger partial charge >= 0.3 is 0 Å². The van der Waals surface area contributed by atoms with Crippen molar-refractivity contribution in [2.24, 2.45) is 0 Å². The van der Waals surface area contributed by atoms with Crippen LogP contribution in [0.15, 0.2) is 23.1 Å². The Bertz CT molecular complexity index is 344. The van der Waals surface area contributed by atoms with Crippen LogP contribution in [0.4, 0.5) is 0 Å². The SMILES string of the molecule is CCCNCc1cccn(CCC)c1=O. The number of pyridine rings is 1. The summed E-state index contributed by atoms with van der Waals surface area (Å²) in [5.74, 6) is 0. The number of rotatable bonds is 6. The average molecular weight is 208 g/mol. The number of aromatic nitrogens is 1. The molecule has 1 N–H and O–H groups in total. The number of aryl methyl sites for hydroxylation is 1. The van der Waals surface area contributed by atoms with Gasteiger partial charge in [0.25, 0.3) is 5.56 Å². The van der Waals surface area contributed by atoms with Crippen molar-refractivity contribution in [3.8, 4) is 0 Å². The summed E-state index contributed by atoms with van der Waals surface area (Å²) >= 11 is 0. The van der Waals surface area contributed by atoms with Crippen LogP contribution in [0.5, 0.6) is 0 Å². The highest BCUT2D eigenvalue weighted by molar-refractivity contribution is 5.10. The van der Waals surface area contributed by atoms with Crippen LogP contribution in [-0.4, -0.2) is 11.1 Å². The maximum Gasteiger partial charge on any atom is 0.255 e. The van der Waals surface area contributed by atoms with E-state index in [0.29, 0.717) is 6.54 Å². The number of hydrogen-bond donors (Lipinski definition) is 1. The van der Waals surface area contributed by atoms with E-state index < -0.39 is 0 Å². The summed E-state index contributed by atoms with van der Waals surface area (Å²) in [5, 5.41) is 3.25. The molecule has 84 valence electrons. The van der Waals surface area contributed by atoms with Gasteiger partial charge < -0.3 is 9.88 Å². The first-order valence-electron chi connectivity index (χ1n) is 5.68. The van der Waals surface area contributed by atoms with E-state index in [1.165, 1.54) is 0 Å². The maximum atomic E-state index is 11.9. The molecule has 0 aliphatic carbocycles. The van der Waals surface area contributed by atoms with Crippen molar-refractivity contribution < 1.29 is 0 Å². The molecule has 3 heteroatoms. The molecule has 1 aromatic rings. The van der Waals surface area contributed by atoms with E-state index in [0.717, 1.165) is 31.5 Å². The first-order valence-corrected chi connectivity index (χ1v) is 5.68. The molecule has 0 fully saturated rings. The molecule has 0 saturated heterocycles. The molecule has 0 amide bonds. The first kappa shape index (κ1) is 12.0. The molecule has 0 aromatic carbocycles. The Morgan fingerprint density at radius 1 is 1.33 bits per heavy atom. The Morgan fingerprint density at radius 3 is 2.80 bits per heavy atom. The normalized spacial score (nSPS) is 10.5. The second-order valence-corrected chi connectivity index (χ2v) is 3.71. The fourth-order valence-electron chi connectivity index (χ4n) is 1.54. The molecular weight excluding hydrogens is 188 g/mol. The minimum atomic E-state index is 0.142. The lowest BCUT2D eigenvalue weighted by atomic mass is 10.2. The fourth-order valence-corrected chi connectivity index (χ4v) is 1.54. The van der Waals surface area contributed by atoms with Gasteiger partial charge in [-0.3, -0.25) is 4.79 Å². The molecule has 0 aliphatic heterocycles.